The Morgan fingerprint density at radius 2 is 1.36 bits per heavy atom. The van der Waals surface area contributed by atoms with Crippen molar-refractivity contribution in [1.29, 1.82) is 0 Å². The van der Waals surface area contributed by atoms with Gasteiger partial charge in [0.25, 0.3) is 0 Å². The van der Waals surface area contributed by atoms with Crippen LogP contribution in [0.5, 0.6) is 0 Å². The maximum Gasteiger partial charge on any atom is 0.145 e. The van der Waals surface area contributed by atoms with Gasteiger partial charge in [-0.1, -0.05) is 0 Å². The zero-order valence-corrected chi connectivity index (χ0v) is 13.0. The molecule has 0 aromatic carbocycles. The number of aliphatic hydroxyl groups excluding tert-OH is 2. The summed E-state index contributed by atoms with van der Waals surface area (Å²) in [5, 5.41) is 25.4. The first kappa shape index (κ1) is 17.6. The van der Waals surface area contributed by atoms with E-state index in [1.54, 1.807) is 11.7 Å². The molecule has 2 heterocycles. The van der Waals surface area contributed by atoms with Crippen LogP contribution in [-0.2, 0) is 20.3 Å². The molecule has 0 aliphatic rings. The molecule has 0 amide bonds. The smallest absolute Gasteiger partial charge is 0.145 e. The van der Waals surface area contributed by atoms with E-state index in [9.17, 15) is 0 Å². The summed E-state index contributed by atoms with van der Waals surface area (Å²) in [5.41, 5.74) is 23.7. The van der Waals surface area contributed by atoms with Gasteiger partial charge in [-0.2, -0.15) is 10.2 Å². The van der Waals surface area contributed by atoms with Crippen molar-refractivity contribution in [2.24, 2.45) is 7.05 Å². The Labute approximate surface area is 128 Å². The average Bonchev–Trinajstić information content (AvgIpc) is 2.91. The third kappa shape index (κ3) is 3.40. The molecule has 2 rings (SSSR count). The fraction of sp³-hybridized carbons (Fsp3) is 0.500. The molecule has 0 radical (unpaired) electrons. The van der Waals surface area contributed by atoms with Crippen LogP contribution < -0.4 is 22.9 Å². The fourth-order valence-electron chi connectivity index (χ4n) is 1.75. The highest BCUT2D eigenvalue weighted by molar-refractivity contribution is 5.62. The molecule has 0 saturated heterocycles. The lowest BCUT2D eigenvalue weighted by Gasteiger charge is -2.06. The number of aromatic nitrogens is 4. The van der Waals surface area contributed by atoms with E-state index in [4.69, 9.17) is 33.1 Å². The second kappa shape index (κ2) is 7.00. The molecule has 124 valence electrons. The van der Waals surface area contributed by atoms with Crippen molar-refractivity contribution in [2.45, 2.75) is 33.1 Å². The van der Waals surface area contributed by atoms with Crippen molar-refractivity contribution in [1.82, 2.24) is 19.6 Å². The second-order valence-electron chi connectivity index (χ2n) is 4.97. The van der Waals surface area contributed by atoms with E-state index in [2.05, 4.69) is 10.2 Å². The number of anilines is 4. The Kier molecular flexibility index (Phi) is 5.60. The van der Waals surface area contributed by atoms with E-state index in [0.717, 1.165) is 0 Å². The van der Waals surface area contributed by atoms with Gasteiger partial charge in [-0.25, -0.2) is 4.68 Å². The van der Waals surface area contributed by atoms with E-state index in [-0.39, 0.29) is 19.3 Å². The van der Waals surface area contributed by atoms with Gasteiger partial charge >= 0.3 is 0 Å². The molecular weight excluding hydrogens is 288 g/mol. The van der Waals surface area contributed by atoms with Gasteiger partial charge in [-0.15, -0.1) is 0 Å². The molecule has 10 nitrogen and oxygen atoms in total. The highest BCUT2D eigenvalue weighted by Gasteiger charge is 2.13. The van der Waals surface area contributed by atoms with Crippen LogP contribution in [0.3, 0.4) is 0 Å². The molecular formula is C12H24N8O2. The normalized spacial score (nSPS) is 10.6. The van der Waals surface area contributed by atoms with E-state index >= 15 is 0 Å². The van der Waals surface area contributed by atoms with Crippen LogP contribution in [0.2, 0.25) is 0 Å². The lowest BCUT2D eigenvalue weighted by Crippen LogP contribution is -2.07. The molecule has 0 aliphatic heterocycles. The molecule has 10 heteroatoms. The van der Waals surface area contributed by atoms with E-state index in [1.165, 1.54) is 4.68 Å². The standard InChI is InChI=1S/C7H14N4O.C5H10N4O/c1-4(2)11-7(9)6(8)5(3-12)10-11;1-9-5(7)4(6)3(2-10)8-9/h4,12H,3,8-9H2,1-2H3;10H,2,6-7H2,1H3. The maximum absolute atomic E-state index is 8.83. The van der Waals surface area contributed by atoms with Crippen LogP contribution >= 0.6 is 0 Å². The highest BCUT2D eigenvalue weighted by Crippen LogP contribution is 2.22. The summed E-state index contributed by atoms with van der Waals surface area (Å²) >= 11 is 0. The molecule has 0 saturated carbocycles. The van der Waals surface area contributed by atoms with Gasteiger partial charge in [0.05, 0.1) is 13.2 Å². The molecule has 0 spiro atoms. The van der Waals surface area contributed by atoms with Gasteiger partial charge in [-0.05, 0) is 13.8 Å². The Hall–Kier alpha value is -2.46. The number of hydrogen-bond acceptors (Lipinski definition) is 8. The summed E-state index contributed by atoms with van der Waals surface area (Å²) in [4.78, 5) is 0. The lowest BCUT2D eigenvalue weighted by atomic mass is 10.3. The first-order chi connectivity index (χ1) is 10.2. The minimum Gasteiger partial charge on any atom is -0.394 e. The predicted molar refractivity (Wildman–Crippen MR) is 85.3 cm³/mol. The number of aliphatic hydroxyl groups is 2. The average molecular weight is 312 g/mol. The third-order valence-electron chi connectivity index (χ3n) is 3.06. The zero-order valence-electron chi connectivity index (χ0n) is 13.0. The third-order valence-corrected chi connectivity index (χ3v) is 3.06. The Balaban J connectivity index is 0.000000224. The summed E-state index contributed by atoms with van der Waals surface area (Å²) in [5.74, 6) is 0.818. The molecule has 2 aromatic heterocycles. The van der Waals surface area contributed by atoms with Gasteiger partial charge in [-0.3, -0.25) is 4.68 Å². The quantitative estimate of drug-likeness (QED) is 0.426. The van der Waals surface area contributed by atoms with Crippen LogP contribution in [0.15, 0.2) is 0 Å². The van der Waals surface area contributed by atoms with Crippen LogP contribution in [0.4, 0.5) is 23.0 Å². The largest absolute Gasteiger partial charge is 0.394 e. The summed E-state index contributed by atoms with van der Waals surface area (Å²) in [7, 11) is 1.67. The monoisotopic (exact) mass is 312 g/mol. The Morgan fingerprint density at radius 3 is 1.59 bits per heavy atom. The van der Waals surface area contributed by atoms with Gasteiger partial charge < -0.3 is 33.1 Å². The summed E-state index contributed by atoms with van der Waals surface area (Å²) in [6.07, 6.45) is 0. The van der Waals surface area contributed by atoms with E-state index < -0.39 is 0 Å². The highest BCUT2D eigenvalue weighted by atomic mass is 16.3. The van der Waals surface area contributed by atoms with Crippen LogP contribution in [0, 0.1) is 0 Å². The first-order valence-corrected chi connectivity index (χ1v) is 6.65. The minimum absolute atomic E-state index is 0.160. The summed E-state index contributed by atoms with van der Waals surface area (Å²) in [6, 6.07) is 0.160. The van der Waals surface area contributed by atoms with Crippen molar-refractivity contribution in [3.8, 4) is 0 Å². The second-order valence-corrected chi connectivity index (χ2v) is 4.97. The summed E-state index contributed by atoms with van der Waals surface area (Å²) < 4.78 is 3.03. The number of rotatable bonds is 3. The molecule has 10 N–H and O–H groups in total. The molecule has 0 atom stereocenters. The van der Waals surface area contributed by atoms with Crippen molar-refractivity contribution in [3.05, 3.63) is 11.4 Å². The van der Waals surface area contributed by atoms with Crippen LogP contribution in [0.25, 0.3) is 0 Å². The minimum atomic E-state index is -0.171. The summed E-state index contributed by atoms with van der Waals surface area (Å²) in [6.45, 7) is 3.56. The van der Waals surface area contributed by atoms with Crippen molar-refractivity contribution >= 4 is 23.0 Å². The molecule has 0 bridgehead atoms. The Bertz CT molecular complexity index is 632. The molecule has 22 heavy (non-hydrogen) atoms. The van der Waals surface area contributed by atoms with Crippen molar-refractivity contribution in [3.63, 3.8) is 0 Å². The lowest BCUT2D eigenvalue weighted by molar-refractivity contribution is 0.275. The van der Waals surface area contributed by atoms with Crippen LogP contribution in [0.1, 0.15) is 31.3 Å². The first-order valence-electron chi connectivity index (χ1n) is 6.65. The predicted octanol–water partition coefficient (Wildman–Crippen LogP) is -0.802. The van der Waals surface area contributed by atoms with Crippen molar-refractivity contribution < 1.29 is 10.2 Å². The number of nitrogens with two attached hydrogens (primary N) is 4. The molecule has 0 aliphatic carbocycles. The van der Waals surface area contributed by atoms with Crippen LogP contribution in [-0.4, -0.2) is 29.8 Å². The van der Waals surface area contributed by atoms with Gasteiger partial charge in [0.2, 0.25) is 0 Å². The molecule has 2 aromatic rings. The van der Waals surface area contributed by atoms with E-state index in [1.807, 2.05) is 13.8 Å². The topological polar surface area (TPSA) is 180 Å². The number of nitrogen functional groups attached to an aromatic ring is 4. The number of nitrogens with zero attached hydrogens (tertiary/aromatic N) is 4. The van der Waals surface area contributed by atoms with E-state index in [0.29, 0.717) is 34.4 Å². The molecule has 0 fully saturated rings. The SMILES string of the molecule is CC(C)n1nc(CO)c(N)c1N.Cn1nc(CO)c(N)c1N. The Morgan fingerprint density at radius 1 is 0.909 bits per heavy atom. The molecule has 0 unspecified atom stereocenters. The van der Waals surface area contributed by atoms with Gasteiger partial charge in [0.1, 0.15) is 34.4 Å². The maximum atomic E-state index is 8.83. The van der Waals surface area contributed by atoms with Gasteiger partial charge in [0.15, 0.2) is 0 Å². The fourth-order valence-corrected chi connectivity index (χ4v) is 1.75. The van der Waals surface area contributed by atoms with Gasteiger partial charge in [0, 0.05) is 13.1 Å². The van der Waals surface area contributed by atoms with Crippen molar-refractivity contribution in [2.75, 3.05) is 22.9 Å². The number of aryl methyl sites for hydroxylation is 1. The zero-order chi connectivity index (χ0) is 17.0. The number of hydrogen-bond donors (Lipinski definition) is 6.